The third-order valence-corrected chi connectivity index (χ3v) is 9.12. The lowest BCUT2D eigenvalue weighted by Crippen LogP contribution is -2.48. The molecule has 2 aliphatic rings. The van der Waals surface area contributed by atoms with Gasteiger partial charge in [0, 0.05) is 13.0 Å². The highest BCUT2D eigenvalue weighted by molar-refractivity contribution is 8.27. The monoisotopic (exact) mass is 688 g/mol. The minimum atomic E-state index is -0.657. The van der Waals surface area contributed by atoms with Crippen molar-refractivity contribution in [2.75, 3.05) is 41.5 Å². The van der Waals surface area contributed by atoms with Gasteiger partial charge in [-0.15, -0.1) is 0 Å². The van der Waals surface area contributed by atoms with Crippen LogP contribution in [0.25, 0.3) is 12.2 Å². The first-order valence-corrected chi connectivity index (χ1v) is 15.6. The molecule has 2 aromatic carbocycles. The lowest BCUT2D eigenvalue weighted by molar-refractivity contribution is -0.131. The van der Waals surface area contributed by atoms with Gasteiger partial charge in [0.05, 0.1) is 38.2 Å². The maximum atomic E-state index is 13.0. The van der Waals surface area contributed by atoms with Crippen LogP contribution in [-0.2, 0) is 19.2 Å². The van der Waals surface area contributed by atoms with Crippen molar-refractivity contribution in [1.29, 1.82) is 0 Å². The summed E-state index contributed by atoms with van der Waals surface area (Å²) in [7, 11) is 6.08. The predicted octanol–water partition coefficient (Wildman–Crippen LogP) is 3.36. The summed E-state index contributed by atoms with van der Waals surface area (Å²) in [5, 5.41) is 0. The summed E-state index contributed by atoms with van der Waals surface area (Å²) in [6.07, 6.45) is 3.18. The van der Waals surface area contributed by atoms with Crippen molar-refractivity contribution in [1.82, 2.24) is 20.7 Å². The van der Waals surface area contributed by atoms with Gasteiger partial charge in [0.25, 0.3) is 17.7 Å². The van der Waals surface area contributed by atoms with E-state index in [4.69, 9.17) is 43.4 Å². The van der Waals surface area contributed by atoms with E-state index in [0.717, 1.165) is 28.4 Å². The molecule has 0 aromatic heterocycles. The Morgan fingerprint density at radius 1 is 0.711 bits per heavy atom. The average Bonchev–Trinajstić information content (AvgIpc) is 3.45. The van der Waals surface area contributed by atoms with Crippen LogP contribution in [0.15, 0.2) is 46.2 Å². The first kappa shape index (κ1) is 33.8. The zero-order valence-electron chi connectivity index (χ0n) is 24.5. The first-order valence-electron chi connectivity index (χ1n) is 13.1. The van der Waals surface area contributed by atoms with Crippen LogP contribution in [-0.4, -0.2) is 83.6 Å². The molecule has 0 radical (unpaired) electrons. The molecule has 12 nitrogen and oxygen atoms in total. The zero-order valence-corrected chi connectivity index (χ0v) is 27.8. The summed E-state index contributed by atoms with van der Waals surface area (Å²) >= 11 is 12.8. The van der Waals surface area contributed by atoms with Crippen LogP contribution in [0.1, 0.15) is 17.5 Å². The second-order valence-corrected chi connectivity index (χ2v) is 12.5. The summed E-state index contributed by atoms with van der Waals surface area (Å²) in [6, 6.07) is 10.4. The molecular weight excluding hydrogens is 661 g/mol. The van der Waals surface area contributed by atoms with Crippen molar-refractivity contribution in [3.05, 3.63) is 57.3 Å². The standard InChI is InChI=1S/C29H28N4O8S4/c1-38-18-7-5-16(11-20(18)40-3)13-22-26(36)32(28(42)44-22)10-9-24(34)30-31-25(35)15-33-27(37)23(45-29(33)43)14-17-6-8-19(39-2)21(12-17)41-4/h5-8,11-14H,9-10,15H2,1-4H3,(H,30,34)(H,31,35). The van der Waals surface area contributed by atoms with E-state index in [-0.39, 0.29) is 23.2 Å². The molecule has 45 heavy (non-hydrogen) atoms. The van der Waals surface area contributed by atoms with E-state index < -0.39 is 24.3 Å². The van der Waals surface area contributed by atoms with E-state index in [0.29, 0.717) is 48.3 Å². The molecule has 0 bridgehead atoms. The zero-order chi connectivity index (χ0) is 32.7. The van der Waals surface area contributed by atoms with Crippen LogP contribution >= 0.6 is 48.0 Å². The normalized spacial score (nSPS) is 16.4. The van der Waals surface area contributed by atoms with Crippen LogP contribution in [0.5, 0.6) is 23.0 Å². The summed E-state index contributed by atoms with van der Waals surface area (Å²) in [5.41, 5.74) is 5.97. The third-order valence-electron chi connectivity index (χ3n) is 6.36. The van der Waals surface area contributed by atoms with Gasteiger partial charge in [-0.3, -0.25) is 39.8 Å². The smallest absolute Gasteiger partial charge is 0.266 e. The van der Waals surface area contributed by atoms with Crippen LogP contribution < -0.4 is 29.8 Å². The maximum Gasteiger partial charge on any atom is 0.266 e. The molecular formula is C29H28N4O8S4. The summed E-state index contributed by atoms with van der Waals surface area (Å²) in [4.78, 5) is 54.1. The summed E-state index contributed by atoms with van der Waals surface area (Å²) in [6.45, 7) is -0.394. The Morgan fingerprint density at radius 2 is 1.16 bits per heavy atom. The molecule has 2 fully saturated rings. The van der Waals surface area contributed by atoms with E-state index >= 15 is 0 Å². The van der Waals surface area contributed by atoms with Gasteiger partial charge in [-0.2, -0.15) is 0 Å². The molecule has 16 heteroatoms. The van der Waals surface area contributed by atoms with Crippen LogP contribution in [0.2, 0.25) is 0 Å². The number of hydrogen-bond acceptors (Lipinski definition) is 12. The Labute approximate surface area is 278 Å². The second-order valence-electron chi connectivity index (χ2n) is 9.18. The Kier molecular flexibility index (Phi) is 11.4. The van der Waals surface area contributed by atoms with Crippen LogP contribution in [0.4, 0.5) is 0 Å². The number of carbonyl (C=O) groups excluding carboxylic acids is 4. The quantitative estimate of drug-likeness (QED) is 0.204. The molecule has 4 amide bonds. The van der Waals surface area contributed by atoms with Crippen molar-refractivity contribution in [2.24, 2.45) is 0 Å². The van der Waals surface area contributed by atoms with Crippen molar-refractivity contribution in [3.8, 4) is 23.0 Å². The number of ether oxygens (including phenoxy) is 4. The SMILES string of the molecule is COc1ccc(C=C2SC(=S)N(CCC(=O)NNC(=O)CN3C(=O)C(=Cc4ccc(OC)c(OC)c4)SC3=S)C2=O)cc1OC. The lowest BCUT2D eigenvalue weighted by atomic mass is 10.2. The number of thiocarbonyl (C=S) groups is 2. The average molecular weight is 689 g/mol. The van der Waals surface area contributed by atoms with Crippen LogP contribution in [0, 0.1) is 0 Å². The Bertz CT molecular complexity index is 1630. The van der Waals surface area contributed by atoms with Gasteiger partial charge in [0.2, 0.25) is 5.91 Å². The molecule has 0 atom stereocenters. The highest BCUT2D eigenvalue weighted by Gasteiger charge is 2.34. The Morgan fingerprint density at radius 3 is 1.64 bits per heavy atom. The molecule has 0 saturated carbocycles. The van der Waals surface area contributed by atoms with Gasteiger partial charge >= 0.3 is 0 Å². The Balaban J connectivity index is 1.27. The minimum absolute atomic E-state index is 0.00524. The number of nitrogens with one attached hydrogen (secondary N) is 2. The number of rotatable bonds is 11. The molecule has 0 spiro atoms. The molecule has 0 aliphatic carbocycles. The molecule has 2 saturated heterocycles. The number of hydrazine groups is 1. The minimum Gasteiger partial charge on any atom is -0.493 e. The van der Waals surface area contributed by atoms with Gasteiger partial charge in [0.1, 0.15) is 15.2 Å². The van der Waals surface area contributed by atoms with E-state index in [1.807, 2.05) is 0 Å². The van der Waals surface area contributed by atoms with Crippen molar-refractivity contribution in [2.45, 2.75) is 6.42 Å². The van der Waals surface area contributed by atoms with Gasteiger partial charge in [-0.25, -0.2) is 0 Å². The number of hydrogen-bond donors (Lipinski definition) is 2. The number of amides is 4. The summed E-state index contributed by atoms with van der Waals surface area (Å²) in [5.74, 6) is 0.114. The van der Waals surface area contributed by atoms with Gasteiger partial charge in [0.15, 0.2) is 23.0 Å². The number of carbonyl (C=O) groups is 4. The second kappa shape index (κ2) is 15.2. The van der Waals surface area contributed by atoms with Gasteiger partial charge in [-0.05, 0) is 47.5 Å². The van der Waals surface area contributed by atoms with E-state index in [1.54, 1.807) is 48.6 Å². The predicted molar refractivity (Wildman–Crippen MR) is 180 cm³/mol. The highest BCUT2D eigenvalue weighted by atomic mass is 32.2. The fourth-order valence-electron chi connectivity index (χ4n) is 4.12. The fourth-order valence-corrected chi connectivity index (χ4v) is 6.68. The third kappa shape index (κ3) is 8.13. The van der Waals surface area contributed by atoms with Gasteiger partial charge in [-0.1, -0.05) is 60.1 Å². The number of methoxy groups -OCH3 is 4. The van der Waals surface area contributed by atoms with Crippen molar-refractivity contribution in [3.63, 3.8) is 0 Å². The lowest BCUT2D eigenvalue weighted by Gasteiger charge is -2.16. The van der Waals surface area contributed by atoms with Crippen molar-refractivity contribution >= 4 is 92.4 Å². The number of benzene rings is 2. The molecule has 4 rings (SSSR count). The fraction of sp³-hybridized carbons (Fsp3) is 0.241. The number of thioether (sulfide) groups is 2. The molecule has 2 aromatic rings. The van der Waals surface area contributed by atoms with Crippen molar-refractivity contribution < 1.29 is 38.1 Å². The van der Waals surface area contributed by atoms with Crippen LogP contribution in [0.3, 0.4) is 0 Å². The molecule has 2 aliphatic heterocycles. The largest absolute Gasteiger partial charge is 0.493 e. The molecule has 2 heterocycles. The maximum absolute atomic E-state index is 13.0. The van der Waals surface area contributed by atoms with E-state index in [9.17, 15) is 19.2 Å². The van der Waals surface area contributed by atoms with E-state index in [2.05, 4.69) is 10.9 Å². The Hall–Kier alpha value is -4.12. The highest BCUT2D eigenvalue weighted by Crippen LogP contribution is 2.36. The summed E-state index contributed by atoms with van der Waals surface area (Å²) < 4.78 is 21.6. The molecule has 0 unspecified atom stereocenters. The first-order chi connectivity index (χ1) is 21.6. The molecule has 2 N–H and O–H groups in total. The number of nitrogens with zero attached hydrogens (tertiary/aromatic N) is 2. The van der Waals surface area contributed by atoms with Gasteiger partial charge < -0.3 is 18.9 Å². The molecule has 236 valence electrons. The topological polar surface area (TPSA) is 136 Å². The van der Waals surface area contributed by atoms with E-state index in [1.165, 1.54) is 33.3 Å².